The highest BCUT2D eigenvalue weighted by atomic mass is 19.4. The van der Waals surface area contributed by atoms with Crippen molar-refractivity contribution in [2.24, 2.45) is 11.8 Å². The van der Waals surface area contributed by atoms with Gasteiger partial charge in [0.15, 0.2) is 0 Å². The van der Waals surface area contributed by atoms with Crippen molar-refractivity contribution < 1.29 is 37.3 Å². The van der Waals surface area contributed by atoms with Gasteiger partial charge in [0.05, 0.1) is 25.6 Å². The highest BCUT2D eigenvalue weighted by Crippen LogP contribution is 2.37. The number of carbonyl (C=O) groups is 2. The molecule has 0 spiro atoms. The SMILES string of the molecule is COc1ccc(OCCCC(=O)N2C[C@@H](C(F)(F)F)[C@H](C(=O)O)C2)cc1. The first-order valence-electron chi connectivity index (χ1n) is 8.06. The summed E-state index contributed by atoms with van der Waals surface area (Å²) in [6, 6.07) is 6.83. The molecule has 6 nitrogen and oxygen atoms in total. The summed E-state index contributed by atoms with van der Waals surface area (Å²) in [6.07, 6.45) is -4.33. The van der Waals surface area contributed by atoms with Gasteiger partial charge in [-0.2, -0.15) is 13.2 Å². The second-order valence-corrected chi connectivity index (χ2v) is 6.02. The third-order valence-electron chi connectivity index (χ3n) is 4.27. The van der Waals surface area contributed by atoms with E-state index in [1.807, 2.05) is 0 Å². The molecule has 0 aliphatic carbocycles. The van der Waals surface area contributed by atoms with Crippen LogP contribution in [0.5, 0.6) is 11.5 Å². The minimum absolute atomic E-state index is 0.00687. The molecular weight excluding hydrogens is 355 g/mol. The predicted molar refractivity (Wildman–Crippen MR) is 85.0 cm³/mol. The lowest BCUT2D eigenvalue weighted by molar-refractivity contribution is -0.188. The average molecular weight is 375 g/mol. The number of likely N-dealkylation sites (tertiary alicyclic amines) is 1. The van der Waals surface area contributed by atoms with Gasteiger partial charge >= 0.3 is 12.1 Å². The molecule has 1 heterocycles. The first kappa shape index (κ1) is 19.9. The molecule has 1 aliphatic heterocycles. The minimum atomic E-state index is -4.64. The number of hydrogen-bond acceptors (Lipinski definition) is 4. The van der Waals surface area contributed by atoms with Gasteiger partial charge in [-0.25, -0.2) is 0 Å². The Morgan fingerprint density at radius 1 is 1.19 bits per heavy atom. The average Bonchev–Trinajstić information content (AvgIpc) is 3.05. The number of hydrogen-bond donors (Lipinski definition) is 1. The molecule has 9 heteroatoms. The van der Waals surface area contributed by atoms with Crippen LogP contribution >= 0.6 is 0 Å². The van der Waals surface area contributed by atoms with Crippen LogP contribution in [0.3, 0.4) is 0 Å². The van der Waals surface area contributed by atoms with Crippen LogP contribution < -0.4 is 9.47 Å². The first-order valence-corrected chi connectivity index (χ1v) is 8.06. The number of aliphatic carboxylic acids is 1. The van der Waals surface area contributed by atoms with E-state index in [9.17, 15) is 22.8 Å². The van der Waals surface area contributed by atoms with Crippen molar-refractivity contribution in [2.75, 3.05) is 26.8 Å². The van der Waals surface area contributed by atoms with Gasteiger partial charge in [-0.1, -0.05) is 0 Å². The number of carbonyl (C=O) groups excluding carboxylic acids is 1. The quantitative estimate of drug-likeness (QED) is 0.742. The smallest absolute Gasteiger partial charge is 0.394 e. The molecule has 2 rings (SSSR count). The monoisotopic (exact) mass is 375 g/mol. The van der Waals surface area contributed by atoms with Crippen molar-refractivity contribution in [1.82, 2.24) is 4.90 Å². The third-order valence-corrected chi connectivity index (χ3v) is 4.27. The van der Waals surface area contributed by atoms with E-state index in [0.717, 1.165) is 4.90 Å². The second kappa shape index (κ2) is 8.29. The molecule has 144 valence electrons. The summed E-state index contributed by atoms with van der Waals surface area (Å²) in [4.78, 5) is 24.1. The molecule has 0 aromatic heterocycles. The van der Waals surface area contributed by atoms with Gasteiger partial charge in [-0.15, -0.1) is 0 Å². The van der Waals surface area contributed by atoms with E-state index in [1.54, 1.807) is 24.3 Å². The Hall–Kier alpha value is -2.45. The third kappa shape index (κ3) is 5.03. The number of benzene rings is 1. The highest BCUT2D eigenvalue weighted by Gasteiger charge is 2.53. The van der Waals surface area contributed by atoms with E-state index < -0.39 is 43.0 Å². The van der Waals surface area contributed by atoms with Crippen LogP contribution in [0.2, 0.25) is 0 Å². The van der Waals surface area contributed by atoms with E-state index in [-0.39, 0.29) is 13.0 Å². The minimum Gasteiger partial charge on any atom is -0.497 e. The maximum absolute atomic E-state index is 12.9. The topological polar surface area (TPSA) is 76.1 Å². The van der Waals surface area contributed by atoms with Crippen molar-refractivity contribution in [1.29, 1.82) is 0 Å². The van der Waals surface area contributed by atoms with Crippen LogP contribution in [0.1, 0.15) is 12.8 Å². The Labute approximate surface area is 148 Å². The van der Waals surface area contributed by atoms with Crippen LogP contribution in [0.4, 0.5) is 13.2 Å². The number of methoxy groups -OCH3 is 1. The van der Waals surface area contributed by atoms with Gasteiger partial charge < -0.3 is 19.5 Å². The van der Waals surface area contributed by atoms with E-state index in [2.05, 4.69) is 0 Å². The number of halogens is 3. The van der Waals surface area contributed by atoms with Crippen molar-refractivity contribution in [3.05, 3.63) is 24.3 Å². The Morgan fingerprint density at radius 3 is 2.31 bits per heavy atom. The maximum Gasteiger partial charge on any atom is 0.394 e. The number of nitrogens with zero attached hydrogens (tertiary/aromatic N) is 1. The summed E-state index contributed by atoms with van der Waals surface area (Å²) in [7, 11) is 1.54. The van der Waals surface area contributed by atoms with Crippen LogP contribution in [-0.2, 0) is 9.59 Å². The molecule has 26 heavy (non-hydrogen) atoms. The Morgan fingerprint density at radius 2 is 1.81 bits per heavy atom. The van der Waals surface area contributed by atoms with Crippen molar-refractivity contribution in [3.8, 4) is 11.5 Å². The Balaban J connectivity index is 1.79. The molecule has 0 radical (unpaired) electrons. The van der Waals surface area contributed by atoms with E-state index in [4.69, 9.17) is 14.6 Å². The lowest BCUT2D eigenvalue weighted by Crippen LogP contribution is -2.34. The van der Waals surface area contributed by atoms with E-state index >= 15 is 0 Å². The van der Waals surface area contributed by atoms with Crippen LogP contribution in [-0.4, -0.2) is 54.9 Å². The van der Waals surface area contributed by atoms with Gasteiger partial charge in [0.2, 0.25) is 5.91 Å². The summed E-state index contributed by atoms with van der Waals surface area (Å²) in [5.41, 5.74) is 0. The molecule has 1 saturated heterocycles. The molecule has 0 saturated carbocycles. The second-order valence-electron chi connectivity index (χ2n) is 6.02. The standard InChI is InChI=1S/C17H20F3NO5/c1-25-11-4-6-12(7-5-11)26-8-2-3-15(22)21-9-13(16(23)24)14(10-21)17(18,19)20/h4-7,13-14H,2-3,8-10H2,1H3,(H,23,24)/t13-,14-/m1/s1. The zero-order valence-corrected chi connectivity index (χ0v) is 14.2. The summed E-state index contributed by atoms with van der Waals surface area (Å²) < 4.78 is 49.2. The molecule has 1 N–H and O–H groups in total. The zero-order chi connectivity index (χ0) is 19.3. The fourth-order valence-electron chi connectivity index (χ4n) is 2.83. The Kier molecular flexibility index (Phi) is 6.33. The number of amides is 1. The number of carboxylic acids is 1. The molecule has 1 fully saturated rings. The Bertz CT molecular complexity index is 632. The fraction of sp³-hybridized carbons (Fsp3) is 0.529. The van der Waals surface area contributed by atoms with E-state index in [1.165, 1.54) is 7.11 Å². The summed E-state index contributed by atoms with van der Waals surface area (Å²) in [5, 5.41) is 8.96. The number of carboxylic acid groups (broad SMARTS) is 1. The molecule has 1 aromatic rings. The van der Waals surface area contributed by atoms with Gasteiger partial charge in [0.1, 0.15) is 11.5 Å². The van der Waals surface area contributed by atoms with Crippen molar-refractivity contribution >= 4 is 11.9 Å². The summed E-state index contributed by atoms with van der Waals surface area (Å²) in [6.45, 7) is -0.812. The molecule has 1 aromatic carbocycles. The van der Waals surface area contributed by atoms with Gasteiger partial charge in [0.25, 0.3) is 0 Å². The number of alkyl halides is 3. The first-order chi connectivity index (χ1) is 12.2. The predicted octanol–water partition coefficient (Wildman–Crippen LogP) is 2.58. The van der Waals surface area contributed by atoms with Gasteiger partial charge in [-0.3, -0.25) is 9.59 Å². The molecular formula is C17H20F3NO5. The lowest BCUT2D eigenvalue weighted by atomic mass is 9.96. The van der Waals surface area contributed by atoms with Gasteiger partial charge in [-0.05, 0) is 30.7 Å². The summed E-state index contributed by atoms with van der Waals surface area (Å²) >= 11 is 0. The van der Waals surface area contributed by atoms with Gasteiger partial charge in [0, 0.05) is 19.5 Å². The number of rotatable bonds is 7. The zero-order valence-electron chi connectivity index (χ0n) is 14.2. The van der Waals surface area contributed by atoms with Crippen molar-refractivity contribution in [3.63, 3.8) is 0 Å². The molecule has 0 unspecified atom stereocenters. The number of ether oxygens (including phenoxy) is 2. The van der Waals surface area contributed by atoms with Crippen LogP contribution in [0.25, 0.3) is 0 Å². The van der Waals surface area contributed by atoms with Crippen LogP contribution in [0.15, 0.2) is 24.3 Å². The van der Waals surface area contributed by atoms with E-state index in [0.29, 0.717) is 17.9 Å². The highest BCUT2D eigenvalue weighted by molar-refractivity contribution is 5.79. The maximum atomic E-state index is 12.9. The molecule has 1 aliphatic rings. The lowest BCUT2D eigenvalue weighted by Gasteiger charge is -2.18. The summed E-state index contributed by atoms with van der Waals surface area (Å²) in [5.74, 6) is -4.42. The molecule has 0 bridgehead atoms. The molecule has 2 atom stereocenters. The molecule has 1 amide bonds. The fourth-order valence-corrected chi connectivity index (χ4v) is 2.83. The normalized spacial score (nSPS) is 20.1. The van der Waals surface area contributed by atoms with Crippen LogP contribution in [0, 0.1) is 11.8 Å². The van der Waals surface area contributed by atoms with Crippen molar-refractivity contribution in [2.45, 2.75) is 19.0 Å². The largest absolute Gasteiger partial charge is 0.497 e.